The number of nitrogen functional groups attached to an aromatic ring is 1. The van der Waals surface area contributed by atoms with Crippen LogP contribution in [-0.2, 0) is 9.53 Å². The summed E-state index contributed by atoms with van der Waals surface area (Å²) >= 11 is 7.10. The second-order valence-electron chi connectivity index (χ2n) is 13.8. The van der Waals surface area contributed by atoms with E-state index in [4.69, 9.17) is 32.6 Å². The zero-order valence-electron chi connectivity index (χ0n) is 25.5. The van der Waals surface area contributed by atoms with E-state index in [0.717, 1.165) is 113 Å². The quantitative estimate of drug-likeness (QED) is 0.247. The lowest BCUT2D eigenvalue weighted by Gasteiger charge is -2.59. The summed E-state index contributed by atoms with van der Waals surface area (Å²) in [4.78, 5) is 19.3. The third-order valence-corrected chi connectivity index (χ3v) is 11.7. The van der Waals surface area contributed by atoms with Crippen molar-refractivity contribution >= 4 is 35.2 Å². The number of aromatic nitrogens is 2. The monoisotopic (exact) mass is 621 g/mol. The Balaban J connectivity index is 0.00000343. The Labute approximate surface area is 266 Å². The first-order valence-corrected chi connectivity index (χ1v) is 16.3. The van der Waals surface area contributed by atoms with E-state index in [9.17, 15) is 4.79 Å². The van der Waals surface area contributed by atoms with Crippen LogP contribution < -0.4 is 10.6 Å². The molecular weight excluding hydrogens is 574 g/mol. The number of carbonyl (C=O) groups is 1. The molecule has 0 radical (unpaired) electrons. The fourth-order valence-electron chi connectivity index (χ4n) is 8.71. The number of nitrogens with zero attached hydrogens (tertiary/aromatic N) is 5. The second-order valence-corrected chi connectivity index (χ2v) is 14.1. The van der Waals surface area contributed by atoms with Gasteiger partial charge in [-0.2, -0.15) is 5.10 Å². The Morgan fingerprint density at radius 2 is 1.84 bits per heavy atom. The first-order valence-electron chi connectivity index (χ1n) is 15.9. The van der Waals surface area contributed by atoms with E-state index in [1.807, 2.05) is 17.9 Å². The molecule has 10 heteroatoms. The van der Waals surface area contributed by atoms with E-state index in [1.165, 1.54) is 18.7 Å². The van der Waals surface area contributed by atoms with Gasteiger partial charge in [0.2, 0.25) is 5.91 Å². The first-order chi connectivity index (χ1) is 20.7. The van der Waals surface area contributed by atoms with Crippen LogP contribution in [-0.4, -0.2) is 89.2 Å². The zero-order valence-corrected chi connectivity index (χ0v) is 26.3. The van der Waals surface area contributed by atoms with Gasteiger partial charge in [0.25, 0.3) is 0 Å². The number of halogens is 1. The molecule has 3 saturated heterocycles. The molecule has 1 aromatic carbocycles. The van der Waals surface area contributed by atoms with E-state index >= 15 is 0 Å². The van der Waals surface area contributed by atoms with Crippen LogP contribution in [0.2, 0.25) is 5.02 Å². The van der Waals surface area contributed by atoms with Crippen LogP contribution in [0.1, 0.15) is 75.2 Å². The third-order valence-electron chi connectivity index (χ3n) is 11.2. The summed E-state index contributed by atoms with van der Waals surface area (Å²) in [6.07, 6.45) is 10.5. The highest BCUT2D eigenvalue weighted by molar-refractivity contribution is 6.35. The van der Waals surface area contributed by atoms with Gasteiger partial charge in [-0.1, -0.05) is 25.6 Å². The van der Waals surface area contributed by atoms with Gasteiger partial charge in [0.05, 0.1) is 16.6 Å². The predicted octanol–water partition coefficient (Wildman–Crippen LogP) is 5.61. The number of nitrogens with one attached hydrogen (secondary N) is 1. The fourth-order valence-corrected chi connectivity index (χ4v) is 8.96. The summed E-state index contributed by atoms with van der Waals surface area (Å²) in [7, 11) is 0. The maximum Gasteiger partial charge on any atom is 0.245 e. The van der Waals surface area contributed by atoms with Crippen LogP contribution in [0.25, 0.3) is 11.1 Å². The van der Waals surface area contributed by atoms with Gasteiger partial charge in [-0.15, -0.1) is 0 Å². The van der Waals surface area contributed by atoms with Crippen molar-refractivity contribution in [2.24, 2.45) is 5.41 Å². The SMILES string of the molecule is C.C=CC(=O)N1CC2(CC(n3nc(N4CCN(C5CCOCC5)CC45CCC5)c(-c4c(Cl)c(C)cc(N)c4C=N)c3C)C2)C1. The smallest absolute Gasteiger partial charge is 0.245 e. The zero-order chi connectivity index (χ0) is 30.1. The molecule has 4 heterocycles. The summed E-state index contributed by atoms with van der Waals surface area (Å²) in [6.45, 7) is 14.0. The average molecular weight is 622 g/mol. The number of benzene rings is 1. The van der Waals surface area contributed by atoms with Crippen LogP contribution in [0.15, 0.2) is 18.7 Å². The molecule has 5 fully saturated rings. The van der Waals surface area contributed by atoms with Gasteiger partial charge in [0.1, 0.15) is 0 Å². The second kappa shape index (κ2) is 11.5. The van der Waals surface area contributed by atoms with Crippen molar-refractivity contribution in [1.29, 1.82) is 5.41 Å². The summed E-state index contributed by atoms with van der Waals surface area (Å²) in [6, 6.07) is 2.72. The van der Waals surface area contributed by atoms with Crippen molar-refractivity contribution in [2.45, 2.75) is 83.8 Å². The first kappa shape index (κ1) is 31.1. The van der Waals surface area contributed by atoms with Gasteiger partial charge in [-0.3, -0.25) is 14.4 Å². The molecule has 238 valence electrons. The largest absolute Gasteiger partial charge is 0.398 e. The van der Waals surface area contributed by atoms with E-state index < -0.39 is 0 Å². The molecule has 2 aliphatic carbocycles. The molecule has 9 nitrogen and oxygen atoms in total. The number of hydrogen-bond acceptors (Lipinski definition) is 7. The van der Waals surface area contributed by atoms with Gasteiger partial charge >= 0.3 is 0 Å². The molecule has 1 amide bonds. The topological polar surface area (TPSA) is 104 Å². The Morgan fingerprint density at radius 1 is 1.14 bits per heavy atom. The van der Waals surface area contributed by atoms with Gasteiger partial charge in [-0.05, 0) is 76.5 Å². The van der Waals surface area contributed by atoms with Crippen molar-refractivity contribution in [3.05, 3.63) is 40.6 Å². The van der Waals surface area contributed by atoms with Crippen LogP contribution in [0.4, 0.5) is 11.5 Å². The highest BCUT2D eigenvalue weighted by Crippen LogP contribution is 2.56. The minimum absolute atomic E-state index is 0. The van der Waals surface area contributed by atoms with E-state index in [-0.39, 0.29) is 30.3 Å². The summed E-state index contributed by atoms with van der Waals surface area (Å²) < 4.78 is 7.91. The lowest BCUT2D eigenvalue weighted by molar-refractivity contribution is -0.149. The molecule has 3 aliphatic heterocycles. The van der Waals surface area contributed by atoms with Crippen molar-refractivity contribution < 1.29 is 9.53 Å². The minimum atomic E-state index is 0. The van der Waals surface area contributed by atoms with Crippen molar-refractivity contribution in [3.63, 3.8) is 0 Å². The summed E-state index contributed by atoms with van der Waals surface area (Å²) in [5.74, 6) is 1.00. The number of nitrogens with two attached hydrogens (primary N) is 1. The van der Waals surface area contributed by atoms with Gasteiger partial charge in [0.15, 0.2) is 5.82 Å². The molecule has 5 aliphatic rings. The standard InChI is InChI=1S/C33H44ClN7O2.CH4/c1-4-27(42)39-18-32(19-39)15-24(16-32)41-22(3)28(29-25(17-35)26(36)14-21(2)30(29)34)31(37-41)40-11-10-38(20-33(40)8-5-9-33)23-6-12-43-13-7-23;/h4,14,17,23-24,35H,1,5-13,15-16,18-20,36H2,2-3H3;1H4. The molecule has 0 unspecified atom stereocenters. The lowest BCUT2D eigenvalue weighted by Crippen LogP contribution is -2.67. The number of carbonyl (C=O) groups excluding carboxylic acids is 1. The molecule has 44 heavy (non-hydrogen) atoms. The molecule has 0 bridgehead atoms. The Bertz CT molecular complexity index is 1460. The molecule has 1 aromatic heterocycles. The minimum Gasteiger partial charge on any atom is -0.398 e. The summed E-state index contributed by atoms with van der Waals surface area (Å²) in [5, 5.41) is 14.4. The number of hydrogen-bond donors (Lipinski definition) is 2. The Morgan fingerprint density at radius 3 is 2.45 bits per heavy atom. The maximum absolute atomic E-state index is 12.1. The maximum atomic E-state index is 12.1. The number of anilines is 2. The van der Waals surface area contributed by atoms with Crippen molar-refractivity contribution in [3.8, 4) is 11.1 Å². The van der Waals surface area contributed by atoms with Crippen LogP contribution in [0, 0.1) is 24.7 Å². The highest BCUT2D eigenvalue weighted by atomic mass is 35.5. The highest BCUT2D eigenvalue weighted by Gasteiger charge is 2.55. The predicted molar refractivity (Wildman–Crippen MR) is 178 cm³/mol. The van der Waals surface area contributed by atoms with E-state index in [2.05, 4.69) is 28.0 Å². The fraction of sp³-hybridized carbons (Fsp3) is 0.618. The Hall–Kier alpha value is -2.88. The molecule has 0 atom stereocenters. The molecule has 2 aromatic rings. The van der Waals surface area contributed by atoms with Crippen LogP contribution in [0.3, 0.4) is 0 Å². The number of ether oxygens (including phenoxy) is 1. The number of aryl methyl sites for hydroxylation is 1. The van der Waals surface area contributed by atoms with E-state index in [1.54, 1.807) is 0 Å². The molecule has 2 saturated carbocycles. The Kier molecular flexibility index (Phi) is 8.12. The lowest BCUT2D eigenvalue weighted by atomic mass is 9.60. The molecule has 2 spiro atoms. The number of rotatable bonds is 6. The normalized spacial score (nSPS) is 23.1. The van der Waals surface area contributed by atoms with Gasteiger partial charge < -0.3 is 25.7 Å². The van der Waals surface area contributed by atoms with Crippen molar-refractivity contribution in [2.75, 3.05) is 56.6 Å². The van der Waals surface area contributed by atoms with Crippen molar-refractivity contribution in [1.82, 2.24) is 19.6 Å². The molecule has 3 N–H and O–H groups in total. The number of amides is 1. The molecule has 7 rings (SSSR count). The van der Waals surface area contributed by atoms with Crippen LogP contribution >= 0.6 is 11.6 Å². The van der Waals surface area contributed by atoms with E-state index in [0.29, 0.717) is 22.3 Å². The van der Waals surface area contributed by atoms with Gasteiger partial charge in [0, 0.05) is 91.7 Å². The number of likely N-dealkylation sites (tertiary alicyclic amines) is 1. The third kappa shape index (κ3) is 4.77. The average Bonchev–Trinajstić information content (AvgIpc) is 3.28. The summed E-state index contributed by atoms with van der Waals surface area (Å²) in [5.41, 5.74) is 11.8. The van der Waals surface area contributed by atoms with Gasteiger partial charge in [-0.25, -0.2) is 0 Å². The number of piperazine rings is 1. The molecular formula is C34H48ClN7O2. The van der Waals surface area contributed by atoms with Crippen LogP contribution in [0.5, 0.6) is 0 Å².